The monoisotopic (exact) mass is 416 g/mol. The molecule has 6 N–H and O–H groups in total. The summed E-state index contributed by atoms with van der Waals surface area (Å²) in [5.41, 5.74) is 9.96. The zero-order valence-electron chi connectivity index (χ0n) is 10.9. The van der Waals surface area contributed by atoms with Gasteiger partial charge < -0.3 is 31.2 Å². The maximum atomic E-state index is 11.1. The summed E-state index contributed by atoms with van der Waals surface area (Å²) in [5.74, 6) is -9.70. The first kappa shape index (κ1) is 37.8. The summed E-state index contributed by atoms with van der Waals surface area (Å²) in [7, 11) is 0. The van der Waals surface area contributed by atoms with Gasteiger partial charge in [-0.3, -0.25) is 19.2 Å². The zero-order valence-corrected chi connectivity index (χ0v) is 10.9. The summed E-state index contributed by atoms with van der Waals surface area (Å²) in [5, 5.41) is 16.8. The van der Waals surface area contributed by atoms with Crippen LogP contribution < -0.4 is 11.5 Å². The van der Waals surface area contributed by atoms with Gasteiger partial charge in [0.2, 0.25) is 0 Å². The van der Waals surface area contributed by atoms with E-state index >= 15 is 0 Å². The van der Waals surface area contributed by atoms with E-state index in [-0.39, 0.29) is 118 Å². The van der Waals surface area contributed by atoms with Crippen LogP contribution in [-0.2, 0) is 38.2 Å². The molecule has 16 heteroatoms. The van der Waals surface area contributed by atoms with Gasteiger partial charge in [-0.2, -0.15) is 0 Å². The molecular weight excluding hydrogens is 400 g/mol. The minimum atomic E-state index is -1.89. The second-order valence-corrected chi connectivity index (χ2v) is 3.82. The molecule has 0 spiro atoms. The van der Waals surface area contributed by atoms with Crippen molar-refractivity contribution in [3.05, 3.63) is 0 Å². The first-order chi connectivity index (χ1) is 10.0. The van der Waals surface area contributed by atoms with E-state index in [9.17, 15) is 28.8 Å². The number of aliphatic carboxylic acids is 2. The predicted molar refractivity (Wildman–Crippen MR) is 91.3 cm³/mol. The number of carbonyl (C=O) groups is 6. The average molecular weight is 416 g/mol. The van der Waals surface area contributed by atoms with Crippen molar-refractivity contribution >= 4 is 154 Å². The normalized spacial score (nSPS) is 10.7. The SMILES string of the molecule is N[C@@H](CC(=O)OC(=O)C(=O)OC(=O)C[C@H](N)C(=O)O)C(=O)O.[NaH].[NaH].[NaH].[NaH]. The summed E-state index contributed by atoms with van der Waals surface area (Å²) in [4.78, 5) is 64.9. The number of hydrogen-bond acceptors (Lipinski definition) is 10. The molecule has 0 radical (unpaired) electrons. The second-order valence-electron chi connectivity index (χ2n) is 3.82. The quantitative estimate of drug-likeness (QED) is 0.138. The van der Waals surface area contributed by atoms with Crippen LogP contribution in [0, 0.1) is 0 Å². The maximum absolute atomic E-state index is 11.1. The van der Waals surface area contributed by atoms with Gasteiger partial charge in [0.05, 0.1) is 12.8 Å². The van der Waals surface area contributed by atoms with Gasteiger partial charge in [-0.15, -0.1) is 0 Å². The first-order valence-corrected chi connectivity index (χ1v) is 5.51. The molecule has 2 atom stereocenters. The number of rotatable bonds is 6. The van der Waals surface area contributed by atoms with Gasteiger partial charge in [0.25, 0.3) is 0 Å². The van der Waals surface area contributed by atoms with Gasteiger partial charge in [0, 0.05) is 0 Å². The third-order valence-electron chi connectivity index (χ3n) is 1.99. The molecule has 0 fully saturated rings. The van der Waals surface area contributed by atoms with Crippen molar-refractivity contribution in [2.45, 2.75) is 24.9 Å². The van der Waals surface area contributed by atoms with E-state index in [4.69, 9.17) is 21.7 Å². The summed E-state index contributed by atoms with van der Waals surface area (Å²) in [6, 6.07) is -3.29. The van der Waals surface area contributed by atoms with Crippen LogP contribution in [0.5, 0.6) is 0 Å². The summed E-state index contributed by atoms with van der Waals surface area (Å²) in [6.45, 7) is 0. The molecule has 0 aliphatic carbocycles. The Morgan fingerprint density at radius 2 is 0.885 bits per heavy atom. The summed E-state index contributed by atoms with van der Waals surface area (Å²) >= 11 is 0. The molecule has 0 rings (SSSR count). The van der Waals surface area contributed by atoms with Crippen LogP contribution in [0.2, 0.25) is 0 Å². The molecular formula is C10H16N2Na4O10. The van der Waals surface area contributed by atoms with Crippen molar-refractivity contribution in [2.24, 2.45) is 11.5 Å². The van der Waals surface area contributed by atoms with E-state index in [1.165, 1.54) is 0 Å². The molecule has 0 aromatic rings. The van der Waals surface area contributed by atoms with Crippen molar-refractivity contribution in [1.29, 1.82) is 0 Å². The van der Waals surface area contributed by atoms with Crippen LogP contribution in [0.25, 0.3) is 0 Å². The molecule has 0 saturated carbocycles. The van der Waals surface area contributed by atoms with E-state index < -0.39 is 60.7 Å². The molecule has 130 valence electrons. The van der Waals surface area contributed by atoms with Crippen LogP contribution in [-0.4, -0.2) is 176 Å². The topological polar surface area (TPSA) is 213 Å². The standard InChI is InChI=1S/C10H12N2O10.4Na.4H/c11-3(7(15)16)1-5(13)21-9(19)10(20)22-6(14)2-4(12)8(17)18;;;;;;;;/h3-4H,1-2,11-12H2,(H,15,16)(H,17,18);;;;;;;;/t3-,4-;;;;;;;;/m0......../s1. The first-order valence-electron chi connectivity index (χ1n) is 5.51. The number of hydrogen-bond donors (Lipinski definition) is 4. The van der Waals surface area contributed by atoms with Crippen molar-refractivity contribution in [3.63, 3.8) is 0 Å². The summed E-state index contributed by atoms with van der Waals surface area (Å²) in [6.07, 6.45) is -1.79. The number of nitrogens with two attached hydrogens (primary N) is 2. The third kappa shape index (κ3) is 17.3. The van der Waals surface area contributed by atoms with E-state index in [2.05, 4.69) is 9.47 Å². The van der Waals surface area contributed by atoms with Crippen LogP contribution in [0.15, 0.2) is 0 Å². The number of esters is 4. The molecule has 0 aliphatic rings. The number of carbonyl (C=O) groups excluding carboxylic acids is 4. The van der Waals surface area contributed by atoms with Crippen molar-refractivity contribution in [3.8, 4) is 0 Å². The van der Waals surface area contributed by atoms with Crippen LogP contribution in [0.4, 0.5) is 0 Å². The fourth-order valence-corrected chi connectivity index (χ4v) is 0.907. The van der Waals surface area contributed by atoms with Gasteiger partial charge in [-0.05, 0) is 0 Å². The Kier molecular flexibility index (Phi) is 28.3. The Hall–Kier alpha value is 1.14. The van der Waals surface area contributed by atoms with Crippen molar-refractivity contribution in [1.82, 2.24) is 0 Å². The molecule has 0 aliphatic heterocycles. The second kappa shape index (κ2) is 19.5. The Balaban J connectivity index is -0.000000367. The van der Waals surface area contributed by atoms with E-state index in [0.29, 0.717) is 0 Å². The fraction of sp³-hybridized carbons (Fsp3) is 0.400. The van der Waals surface area contributed by atoms with Gasteiger partial charge in [-0.1, -0.05) is 0 Å². The Morgan fingerprint density at radius 3 is 1.08 bits per heavy atom. The molecule has 12 nitrogen and oxygen atoms in total. The molecule has 0 aromatic carbocycles. The van der Waals surface area contributed by atoms with Gasteiger partial charge in [0.15, 0.2) is 0 Å². The molecule has 0 saturated heterocycles. The van der Waals surface area contributed by atoms with Crippen molar-refractivity contribution in [2.75, 3.05) is 0 Å². The molecule has 26 heavy (non-hydrogen) atoms. The van der Waals surface area contributed by atoms with E-state index in [0.717, 1.165) is 0 Å². The summed E-state index contributed by atoms with van der Waals surface area (Å²) < 4.78 is 7.78. The minimum absolute atomic E-state index is 0. The number of ether oxygens (including phenoxy) is 2. The van der Waals surface area contributed by atoms with Crippen LogP contribution in [0.1, 0.15) is 12.8 Å². The molecule has 0 heterocycles. The van der Waals surface area contributed by atoms with Gasteiger partial charge >= 0.3 is 154 Å². The third-order valence-corrected chi connectivity index (χ3v) is 1.99. The van der Waals surface area contributed by atoms with Crippen LogP contribution >= 0.6 is 0 Å². The van der Waals surface area contributed by atoms with Gasteiger partial charge in [0.1, 0.15) is 12.1 Å². The Labute approximate surface area is 235 Å². The van der Waals surface area contributed by atoms with Crippen LogP contribution in [0.3, 0.4) is 0 Å². The molecule has 0 aromatic heterocycles. The molecule has 0 bridgehead atoms. The zero-order chi connectivity index (χ0) is 17.4. The molecule has 0 unspecified atom stereocenters. The predicted octanol–water partition coefficient (Wildman–Crippen LogP) is -5.86. The van der Waals surface area contributed by atoms with E-state index in [1.54, 1.807) is 0 Å². The Bertz CT molecular complexity index is 484. The average Bonchev–Trinajstić information content (AvgIpc) is 2.37. The number of carboxylic acids is 2. The Morgan fingerprint density at radius 1 is 0.654 bits per heavy atom. The number of carboxylic acid groups (broad SMARTS) is 2. The van der Waals surface area contributed by atoms with Gasteiger partial charge in [-0.25, -0.2) is 9.59 Å². The fourth-order valence-electron chi connectivity index (χ4n) is 0.907. The molecule has 0 amide bonds. The van der Waals surface area contributed by atoms with E-state index in [1.807, 2.05) is 0 Å². The van der Waals surface area contributed by atoms with Crippen molar-refractivity contribution < 1.29 is 48.5 Å².